The summed E-state index contributed by atoms with van der Waals surface area (Å²) in [4.78, 5) is 12.0. The molecule has 0 unspecified atom stereocenters. The molecule has 3 N–H and O–H groups in total. The maximum atomic E-state index is 5.60. The van der Waals surface area contributed by atoms with Gasteiger partial charge in [0.1, 0.15) is 5.69 Å². The fourth-order valence-electron chi connectivity index (χ4n) is 1.63. The number of aromatic nitrogens is 3. The van der Waals surface area contributed by atoms with Gasteiger partial charge in [0.25, 0.3) is 0 Å². The van der Waals surface area contributed by atoms with Crippen LogP contribution < -0.4 is 5.73 Å². The van der Waals surface area contributed by atoms with Crippen molar-refractivity contribution in [3.63, 3.8) is 0 Å². The predicted octanol–water partition coefficient (Wildman–Crippen LogP) is 2.15. The zero-order chi connectivity index (χ0) is 11.0. The molecule has 5 heteroatoms. The van der Waals surface area contributed by atoms with Gasteiger partial charge in [-0.25, -0.2) is 9.97 Å². The molecule has 0 aliphatic carbocycles. The third-order valence-corrected chi connectivity index (χ3v) is 3.04. The summed E-state index contributed by atoms with van der Waals surface area (Å²) in [6, 6.07) is 6.00. The quantitative estimate of drug-likeness (QED) is 0.708. The normalized spacial score (nSPS) is 11.1. The van der Waals surface area contributed by atoms with Crippen LogP contribution in [0.5, 0.6) is 0 Å². The van der Waals surface area contributed by atoms with Crippen LogP contribution in [0.4, 0.5) is 0 Å². The highest BCUT2D eigenvalue weighted by molar-refractivity contribution is 7.07. The van der Waals surface area contributed by atoms with Crippen LogP contribution >= 0.6 is 11.3 Å². The highest BCUT2D eigenvalue weighted by atomic mass is 32.1. The molecule has 2 heterocycles. The minimum Gasteiger partial charge on any atom is -0.337 e. The monoisotopic (exact) mass is 230 g/mol. The number of thiazole rings is 1. The minimum absolute atomic E-state index is 0.543. The van der Waals surface area contributed by atoms with Gasteiger partial charge in [0, 0.05) is 11.9 Å². The molecular weight excluding hydrogens is 220 g/mol. The number of rotatable bonds is 2. The Labute approximate surface area is 96.2 Å². The number of nitrogens with one attached hydrogen (secondary N) is 1. The number of hydrogen-bond acceptors (Lipinski definition) is 4. The highest BCUT2D eigenvalue weighted by Crippen LogP contribution is 2.20. The Morgan fingerprint density at radius 2 is 2.31 bits per heavy atom. The molecule has 4 nitrogen and oxygen atoms in total. The lowest BCUT2D eigenvalue weighted by atomic mass is 10.2. The van der Waals surface area contributed by atoms with E-state index in [0.717, 1.165) is 28.1 Å². The average Bonchev–Trinajstić information content (AvgIpc) is 2.96. The summed E-state index contributed by atoms with van der Waals surface area (Å²) in [6.45, 7) is 0.543. The van der Waals surface area contributed by atoms with Gasteiger partial charge in [-0.15, -0.1) is 11.3 Å². The van der Waals surface area contributed by atoms with Crippen molar-refractivity contribution < 1.29 is 0 Å². The first-order chi connectivity index (χ1) is 7.86. The second-order valence-corrected chi connectivity index (χ2v) is 4.23. The largest absolute Gasteiger partial charge is 0.337 e. The van der Waals surface area contributed by atoms with Crippen molar-refractivity contribution in [3.05, 3.63) is 34.7 Å². The van der Waals surface area contributed by atoms with E-state index in [4.69, 9.17) is 5.73 Å². The molecule has 0 fully saturated rings. The van der Waals surface area contributed by atoms with Crippen LogP contribution in [0.25, 0.3) is 22.6 Å². The summed E-state index contributed by atoms with van der Waals surface area (Å²) in [5.74, 6) is 0.811. The third-order valence-electron chi connectivity index (χ3n) is 2.46. The van der Waals surface area contributed by atoms with Crippen molar-refractivity contribution in [2.75, 3.05) is 0 Å². The van der Waals surface area contributed by atoms with E-state index in [1.165, 1.54) is 0 Å². The molecule has 3 aromatic rings. The number of fused-ring (bicyclic) bond motifs is 1. The summed E-state index contributed by atoms with van der Waals surface area (Å²) in [6.07, 6.45) is 0. The van der Waals surface area contributed by atoms with Gasteiger partial charge in [0.2, 0.25) is 0 Å². The Balaban J connectivity index is 2.16. The van der Waals surface area contributed by atoms with E-state index in [-0.39, 0.29) is 0 Å². The minimum atomic E-state index is 0.543. The number of nitrogens with zero attached hydrogens (tertiary/aromatic N) is 2. The lowest BCUT2D eigenvalue weighted by Gasteiger charge is -1.94. The van der Waals surface area contributed by atoms with Crippen LogP contribution in [0.2, 0.25) is 0 Å². The van der Waals surface area contributed by atoms with Gasteiger partial charge >= 0.3 is 0 Å². The van der Waals surface area contributed by atoms with Gasteiger partial charge in [0.15, 0.2) is 5.82 Å². The van der Waals surface area contributed by atoms with Gasteiger partial charge in [-0.1, -0.05) is 6.07 Å². The number of benzene rings is 1. The Morgan fingerprint density at radius 3 is 3.06 bits per heavy atom. The molecule has 0 spiro atoms. The van der Waals surface area contributed by atoms with Crippen LogP contribution in [-0.2, 0) is 6.54 Å². The van der Waals surface area contributed by atoms with Gasteiger partial charge in [0.05, 0.1) is 16.5 Å². The van der Waals surface area contributed by atoms with Crippen molar-refractivity contribution in [2.45, 2.75) is 6.54 Å². The van der Waals surface area contributed by atoms with E-state index in [9.17, 15) is 0 Å². The number of H-pyrrole nitrogens is 1. The Hall–Kier alpha value is -1.72. The van der Waals surface area contributed by atoms with E-state index >= 15 is 0 Å². The molecular formula is C11H10N4S. The second kappa shape index (κ2) is 3.70. The Morgan fingerprint density at radius 1 is 1.38 bits per heavy atom. The lowest BCUT2D eigenvalue weighted by Crippen LogP contribution is -1.95. The van der Waals surface area contributed by atoms with E-state index in [1.807, 2.05) is 23.6 Å². The van der Waals surface area contributed by atoms with Crippen LogP contribution in [0.1, 0.15) is 5.56 Å². The molecule has 0 amide bonds. The van der Waals surface area contributed by atoms with Crippen molar-refractivity contribution in [1.29, 1.82) is 0 Å². The topological polar surface area (TPSA) is 67.6 Å². The number of aromatic amines is 1. The van der Waals surface area contributed by atoms with Crippen molar-refractivity contribution in [2.24, 2.45) is 5.73 Å². The smallest absolute Gasteiger partial charge is 0.158 e. The van der Waals surface area contributed by atoms with Gasteiger partial charge in [-0.05, 0) is 17.7 Å². The lowest BCUT2D eigenvalue weighted by molar-refractivity contribution is 1.07. The zero-order valence-electron chi connectivity index (χ0n) is 8.47. The van der Waals surface area contributed by atoms with Crippen LogP contribution in [0, 0.1) is 0 Å². The molecule has 2 aromatic heterocycles. The van der Waals surface area contributed by atoms with Crippen LogP contribution in [0.3, 0.4) is 0 Å². The standard InChI is InChI=1S/C11H10N4S/c12-4-7-1-2-8-9(3-7)15-11(14-8)10-5-16-6-13-10/h1-3,5-6H,4,12H2,(H,14,15). The van der Waals surface area contributed by atoms with E-state index in [1.54, 1.807) is 16.8 Å². The fraction of sp³-hybridized carbons (Fsp3) is 0.0909. The summed E-state index contributed by atoms with van der Waals surface area (Å²) >= 11 is 1.56. The summed E-state index contributed by atoms with van der Waals surface area (Å²) in [5, 5.41) is 1.97. The molecule has 0 aliphatic rings. The number of hydrogen-bond donors (Lipinski definition) is 2. The van der Waals surface area contributed by atoms with Gasteiger partial charge in [-0.2, -0.15) is 0 Å². The molecule has 1 aromatic carbocycles. The van der Waals surface area contributed by atoms with E-state index < -0.39 is 0 Å². The first kappa shape index (κ1) is 9.50. The fourth-order valence-corrected chi connectivity index (χ4v) is 2.17. The molecule has 0 saturated carbocycles. The Kier molecular flexibility index (Phi) is 2.19. The molecule has 0 saturated heterocycles. The number of nitrogens with two attached hydrogens (primary N) is 1. The van der Waals surface area contributed by atoms with Crippen LogP contribution in [-0.4, -0.2) is 15.0 Å². The summed E-state index contributed by atoms with van der Waals surface area (Å²) in [7, 11) is 0. The van der Waals surface area contributed by atoms with E-state index in [2.05, 4.69) is 15.0 Å². The summed E-state index contributed by atoms with van der Waals surface area (Å²) in [5.41, 5.74) is 11.3. The molecule has 0 atom stereocenters. The molecule has 0 aliphatic heterocycles. The maximum Gasteiger partial charge on any atom is 0.158 e. The molecule has 3 rings (SSSR count). The predicted molar refractivity (Wildman–Crippen MR) is 65.1 cm³/mol. The Bertz CT molecular complexity index is 612. The SMILES string of the molecule is NCc1ccc2nc(-c3cscn3)[nH]c2c1. The molecule has 0 radical (unpaired) electrons. The summed E-state index contributed by atoms with van der Waals surface area (Å²) < 4.78 is 0. The average molecular weight is 230 g/mol. The number of imidazole rings is 1. The first-order valence-corrected chi connectivity index (χ1v) is 5.88. The first-order valence-electron chi connectivity index (χ1n) is 4.94. The third kappa shape index (κ3) is 1.50. The van der Waals surface area contributed by atoms with Gasteiger partial charge < -0.3 is 10.7 Å². The highest BCUT2D eigenvalue weighted by Gasteiger charge is 2.06. The molecule has 80 valence electrons. The molecule has 16 heavy (non-hydrogen) atoms. The molecule has 0 bridgehead atoms. The van der Waals surface area contributed by atoms with Crippen LogP contribution in [0.15, 0.2) is 29.1 Å². The maximum absolute atomic E-state index is 5.60. The van der Waals surface area contributed by atoms with Crippen molar-refractivity contribution >= 4 is 22.4 Å². The second-order valence-electron chi connectivity index (χ2n) is 3.51. The van der Waals surface area contributed by atoms with Crippen molar-refractivity contribution in [1.82, 2.24) is 15.0 Å². The van der Waals surface area contributed by atoms with Crippen molar-refractivity contribution in [3.8, 4) is 11.5 Å². The zero-order valence-corrected chi connectivity index (χ0v) is 9.29. The van der Waals surface area contributed by atoms with E-state index in [0.29, 0.717) is 6.54 Å². The van der Waals surface area contributed by atoms with Gasteiger partial charge in [-0.3, -0.25) is 0 Å².